The molecule has 1 aliphatic carbocycles. The van der Waals surface area contributed by atoms with Gasteiger partial charge in [-0.3, -0.25) is 0 Å². The predicted octanol–water partition coefficient (Wildman–Crippen LogP) is 3.11. The monoisotopic (exact) mass is 274 g/mol. The van der Waals surface area contributed by atoms with Crippen molar-refractivity contribution < 1.29 is 0 Å². The van der Waals surface area contributed by atoms with E-state index in [0.29, 0.717) is 12.0 Å². The number of aromatic nitrogens is 3. The van der Waals surface area contributed by atoms with Gasteiger partial charge in [-0.05, 0) is 37.1 Å². The molecule has 0 aliphatic heterocycles. The molecule has 2 aromatic rings. The molecule has 19 heavy (non-hydrogen) atoms. The van der Waals surface area contributed by atoms with E-state index >= 15 is 0 Å². The molecule has 1 heterocycles. The van der Waals surface area contributed by atoms with E-state index in [1.54, 1.807) is 0 Å². The van der Waals surface area contributed by atoms with Crippen LogP contribution in [0.3, 0.4) is 0 Å². The Morgan fingerprint density at radius 3 is 2.89 bits per heavy atom. The van der Waals surface area contributed by atoms with Crippen molar-refractivity contribution >= 4 is 28.7 Å². The fourth-order valence-electron chi connectivity index (χ4n) is 2.58. The summed E-state index contributed by atoms with van der Waals surface area (Å²) in [4.78, 5) is 4.52. The van der Waals surface area contributed by atoms with Gasteiger partial charge in [-0.15, -0.1) is 10.2 Å². The van der Waals surface area contributed by atoms with Crippen LogP contribution in [0.15, 0.2) is 24.3 Å². The number of thioether (sulfide) groups is 1. The van der Waals surface area contributed by atoms with Crippen LogP contribution in [0, 0.1) is 0 Å². The molecule has 0 amide bonds. The van der Waals surface area contributed by atoms with Gasteiger partial charge in [-0.25, -0.2) is 4.98 Å². The third kappa shape index (κ3) is 2.97. The quantitative estimate of drug-likeness (QED) is 0.928. The third-order valence-electron chi connectivity index (χ3n) is 3.48. The van der Waals surface area contributed by atoms with Crippen molar-refractivity contribution in [3.63, 3.8) is 0 Å². The summed E-state index contributed by atoms with van der Waals surface area (Å²) in [5.41, 5.74) is 1.75. The zero-order valence-electron chi connectivity index (χ0n) is 11.0. The molecule has 100 valence electrons. The number of hydrogen-bond acceptors (Lipinski definition) is 5. The molecular weight excluding hydrogens is 256 g/mol. The van der Waals surface area contributed by atoms with Crippen molar-refractivity contribution in [2.24, 2.45) is 0 Å². The third-order valence-corrected chi connectivity index (χ3v) is 4.71. The summed E-state index contributed by atoms with van der Waals surface area (Å²) in [5, 5.41) is 12.6. The minimum atomic E-state index is 0.493. The van der Waals surface area contributed by atoms with Crippen molar-refractivity contribution in [1.82, 2.24) is 15.2 Å². The van der Waals surface area contributed by atoms with Gasteiger partial charge in [0.25, 0.3) is 0 Å². The lowest BCUT2D eigenvalue weighted by Crippen LogP contribution is -2.18. The van der Waals surface area contributed by atoms with Crippen LogP contribution >= 0.6 is 11.8 Å². The number of anilines is 1. The van der Waals surface area contributed by atoms with Crippen molar-refractivity contribution in [2.45, 2.75) is 37.5 Å². The van der Waals surface area contributed by atoms with Crippen LogP contribution in [0.2, 0.25) is 0 Å². The number of benzene rings is 1. The Morgan fingerprint density at radius 1 is 1.21 bits per heavy atom. The molecule has 5 heteroatoms. The van der Waals surface area contributed by atoms with Crippen molar-refractivity contribution in [1.29, 1.82) is 0 Å². The van der Waals surface area contributed by atoms with E-state index < -0.39 is 0 Å². The Hall–Kier alpha value is -1.36. The number of nitrogens with one attached hydrogen (secondary N) is 1. The molecular formula is C14H18N4S. The molecule has 2 atom stereocenters. The zero-order chi connectivity index (χ0) is 13.1. The van der Waals surface area contributed by atoms with E-state index in [2.05, 4.69) is 39.2 Å². The Kier molecular flexibility index (Phi) is 3.82. The topological polar surface area (TPSA) is 50.7 Å². The van der Waals surface area contributed by atoms with Crippen LogP contribution < -0.4 is 5.32 Å². The van der Waals surface area contributed by atoms with Gasteiger partial charge in [0, 0.05) is 11.3 Å². The Labute approximate surface area is 117 Å². The molecule has 4 nitrogen and oxygen atoms in total. The molecule has 3 rings (SSSR count). The lowest BCUT2D eigenvalue weighted by atomic mass is 10.2. The number of fused-ring (bicyclic) bond motifs is 1. The van der Waals surface area contributed by atoms with Gasteiger partial charge in [0.1, 0.15) is 5.52 Å². The second-order valence-electron chi connectivity index (χ2n) is 4.86. The largest absolute Gasteiger partial charge is 0.350 e. The van der Waals surface area contributed by atoms with E-state index in [1.807, 2.05) is 24.3 Å². The molecule has 0 radical (unpaired) electrons. The van der Waals surface area contributed by atoms with Crippen LogP contribution in [0.25, 0.3) is 11.0 Å². The molecule has 0 spiro atoms. The number of rotatable bonds is 4. The van der Waals surface area contributed by atoms with E-state index in [0.717, 1.165) is 16.3 Å². The van der Waals surface area contributed by atoms with Gasteiger partial charge in [0.05, 0.1) is 5.52 Å². The van der Waals surface area contributed by atoms with Gasteiger partial charge in [0.15, 0.2) is 0 Å². The van der Waals surface area contributed by atoms with Gasteiger partial charge in [-0.2, -0.15) is 11.8 Å². The van der Waals surface area contributed by atoms with Crippen LogP contribution in [0.1, 0.15) is 26.2 Å². The minimum absolute atomic E-state index is 0.493. The highest BCUT2D eigenvalue weighted by molar-refractivity contribution is 7.99. The molecule has 1 fully saturated rings. The summed E-state index contributed by atoms with van der Waals surface area (Å²) in [5.74, 6) is 1.86. The average molecular weight is 274 g/mol. The first-order valence-electron chi connectivity index (χ1n) is 6.82. The lowest BCUT2D eigenvalue weighted by Gasteiger charge is -2.12. The van der Waals surface area contributed by atoms with E-state index in [9.17, 15) is 0 Å². The summed E-state index contributed by atoms with van der Waals surface area (Å²) in [6.07, 6.45) is 3.69. The smallest absolute Gasteiger partial charge is 0.243 e. The molecule has 2 unspecified atom stereocenters. The van der Waals surface area contributed by atoms with Gasteiger partial charge in [0.2, 0.25) is 5.95 Å². The van der Waals surface area contributed by atoms with Gasteiger partial charge >= 0.3 is 0 Å². The first-order chi connectivity index (χ1) is 9.35. The first kappa shape index (κ1) is 12.7. The SMILES string of the molecule is CCSC1CCC(Nc2nnc3ccccc3n2)C1. The Bertz CT molecular complexity index is 560. The van der Waals surface area contributed by atoms with Gasteiger partial charge < -0.3 is 5.32 Å². The van der Waals surface area contributed by atoms with Crippen LogP contribution in [0.5, 0.6) is 0 Å². The highest BCUT2D eigenvalue weighted by Crippen LogP contribution is 2.31. The van der Waals surface area contributed by atoms with Crippen LogP contribution in [-0.4, -0.2) is 32.2 Å². The molecule has 1 aliphatic rings. The fourth-order valence-corrected chi connectivity index (χ4v) is 3.73. The lowest BCUT2D eigenvalue weighted by molar-refractivity contribution is 0.742. The second kappa shape index (κ2) is 5.74. The maximum Gasteiger partial charge on any atom is 0.243 e. The summed E-state index contributed by atoms with van der Waals surface area (Å²) in [7, 11) is 0. The molecule has 1 aromatic carbocycles. The van der Waals surface area contributed by atoms with E-state index in [-0.39, 0.29) is 0 Å². The molecule has 0 bridgehead atoms. The number of hydrogen-bond donors (Lipinski definition) is 1. The molecule has 1 saturated carbocycles. The maximum absolute atomic E-state index is 4.52. The molecule has 1 N–H and O–H groups in total. The minimum Gasteiger partial charge on any atom is -0.350 e. The van der Waals surface area contributed by atoms with Crippen molar-refractivity contribution in [3.05, 3.63) is 24.3 Å². The Balaban J connectivity index is 1.68. The van der Waals surface area contributed by atoms with Crippen LogP contribution in [0.4, 0.5) is 5.95 Å². The standard InChI is InChI=1S/C14H18N4S/c1-2-19-11-8-7-10(9-11)15-14-16-12-5-3-4-6-13(12)17-18-14/h3-6,10-11H,2,7-9H2,1H3,(H,15,16,18). The van der Waals surface area contributed by atoms with E-state index in [4.69, 9.17) is 0 Å². The fraction of sp³-hybridized carbons (Fsp3) is 0.500. The Morgan fingerprint density at radius 2 is 2.05 bits per heavy atom. The highest BCUT2D eigenvalue weighted by Gasteiger charge is 2.25. The normalized spacial score (nSPS) is 22.8. The molecule has 0 saturated heterocycles. The first-order valence-corrected chi connectivity index (χ1v) is 7.87. The highest BCUT2D eigenvalue weighted by atomic mass is 32.2. The average Bonchev–Trinajstić information content (AvgIpc) is 2.86. The van der Waals surface area contributed by atoms with Crippen molar-refractivity contribution in [2.75, 3.05) is 11.1 Å². The molecule has 1 aromatic heterocycles. The zero-order valence-corrected chi connectivity index (χ0v) is 11.9. The van der Waals surface area contributed by atoms with Crippen molar-refractivity contribution in [3.8, 4) is 0 Å². The maximum atomic E-state index is 4.52. The summed E-state index contributed by atoms with van der Waals surface area (Å²) >= 11 is 2.06. The summed E-state index contributed by atoms with van der Waals surface area (Å²) < 4.78 is 0. The number of nitrogens with zero attached hydrogens (tertiary/aromatic N) is 3. The second-order valence-corrected chi connectivity index (χ2v) is 6.43. The predicted molar refractivity (Wildman–Crippen MR) is 80.5 cm³/mol. The van der Waals surface area contributed by atoms with E-state index in [1.165, 1.54) is 25.0 Å². The van der Waals surface area contributed by atoms with Gasteiger partial charge in [-0.1, -0.05) is 19.1 Å². The van der Waals surface area contributed by atoms with Crippen LogP contribution in [-0.2, 0) is 0 Å². The summed E-state index contributed by atoms with van der Waals surface area (Å²) in [6.45, 7) is 2.22. The number of para-hydroxylation sites is 1. The summed E-state index contributed by atoms with van der Waals surface area (Å²) in [6, 6.07) is 8.33.